The predicted molar refractivity (Wildman–Crippen MR) is 80.5 cm³/mol. The van der Waals surface area contributed by atoms with Crippen molar-refractivity contribution in [2.24, 2.45) is 11.8 Å². The lowest BCUT2D eigenvalue weighted by Gasteiger charge is -2.42. The van der Waals surface area contributed by atoms with Crippen LogP contribution >= 0.6 is 0 Å². The molecule has 1 aliphatic heterocycles. The Labute approximate surface area is 138 Å². The number of carbonyl (C=O) groups excluding carboxylic acids is 3. The van der Waals surface area contributed by atoms with Crippen LogP contribution in [0.15, 0.2) is 23.8 Å². The van der Waals surface area contributed by atoms with E-state index in [-0.39, 0.29) is 12.0 Å². The minimum absolute atomic E-state index is 0.0290. The van der Waals surface area contributed by atoms with E-state index in [0.717, 1.165) is 0 Å². The molecule has 0 aromatic carbocycles. The van der Waals surface area contributed by atoms with Crippen molar-refractivity contribution in [3.63, 3.8) is 0 Å². The smallest absolute Gasteiger partial charge is 0.334 e. The lowest BCUT2D eigenvalue weighted by Crippen LogP contribution is -2.59. The minimum atomic E-state index is -1.87. The normalized spacial score (nSPS) is 44.4. The van der Waals surface area contributed by atoms with Crippen LogP contribution in [-0.2, 0) is 23.9 Å². The maximum Gasteiger partial charge on any atom is 0.334 e. The van der Waals surface area contributed by atoms with Crippen LogP contribution in [0, 0.1) is 11.8 Å². The summed E-state index contributed by atoms with van der Waals surface area (Å²) in [6.45, 7) is 7.79. The van der Waals surface area contributed by atoms with Crippen molar-refractivity contribution in [1.82, 2.24) is 0 Å². The summed E-state index contributed by atoms with van der Waals surface area (Å²) in [7, 11) is 0. The Morgan fingerprint density at radius 2 is 2.04 bits per heavy atom. The van der Waals surface area contributed by atoms with Gasteiger partial charge in [-0.25, -0.2) is 4.79 Å². The maximum atomic E-state index is 12.5. The van der Waals surface area contributed by atoms with Gasteiger partial charge in [-0.05, 0) is 31.9 Å². The summed E-state index contributed by atoms with van der Waals surface area (Å²) in [6.07, 6.45) is -0.879. The van der Waals surface area contributed by atoms with Gasteiger partial charge in [0.05, 0.1) is 5.92 Å². The van der Waals surface area contributed by atoms with Gasteiger partial charge in [0.2, 0.25) is 0 Å². The molecule has 3 aliphatic rings. The van der Waals surface area contributed by atoms with Crippen molar-refractivity contribution in [1.29, 1.82) is 0 Å². The summed E-state index contributed by atoms with van der Waals surface area (Å²) in [5, 5.41) is 22.3. The molecule has 3 rings (SSSR count). The van der Waals surface area contributed by atoms with Gasteiger partial charge in [-0.2, -0.15) is 0 Å². The van der Waals surface area contributed by atoms with E-state index in [1.807, 2.05) is 0 Å². The first-order valence-electron chi connectivity index (χ1n) is 7.75. The Kier molecular flexibility index (Phi) is 3.51. The number of aliphatic hydroxyl groups is 2. The van der Waals surface area contributed by atoms with E-state index in [4.69, 9.17) is 9.47 Å². The van der Waals surface area contributed by atoms with Gasteiger partial charge in [0.1, 0.15) is 23.4 Å². The highest BCUT2D eigenvalue weighted by molar-refractivity contribution is 5.99. The van der Waals surface area contributed by atoms with Gasteiger partial charge < -0.3 is 19.7 Å². The molecule has 130 valence electrons. The average Bonchev–Trinajstić information content (AvgIpc) is 2.83. The van der Waals surface area contributed by atoms with Crippen molar-refractivity contribution in [3.05, 3.63) is 23.8 Å². The monoisotopic (exact) mass is 336 g/mol. The molecule has 0 spiro atoms. The largest absolute Gasteiger partial charge is 0.459 e. The number of ether oxygens (including phenoxy) is 2. The molecule has 24 heavy (non-hydrogen) atoms. The van der Waals surface area contributed by atoms with Crippen molar-refractivity contribution >= 4 is 17.7 Å². The molecule has 6 unspecified atom stereocenters. The SMILES string of the molecule is C=C1C(=O)OC2C1CC(OC(C)=O)C(C)(O)C1C(=O)C=C(C)C21O. The third kappa shape index (κ3) is 2.01. The summed E-state index contributed by atoms with van der Waals surface area (Å²) in [5.74, 6) is -3.76. The number of esters is 2. The van der Waals surface area contributed by atoms with Crippen molar-refractivity contribution < 1.29 is 34.1 Å². The molecule has 0 aromatic rings. The fourth-order valence-electron chi connectivity index (χ4n) is 4.27. The second kappa shape index (κ2) is 5.00. The Morgan fingerprint density at radius 3 is 2.62 bits per heavy atom. The van der Waals surface area contributed by atoms with Gasteiger partial charge in [-0.1, -0.05) is 6.58 Å². The zero-order valence-corrected chi connectivity index (χ0v) is 13.7. The summed E-state index contributed by atoms with van der Waals surface area (Å²) < 4.78 is 10.5. The summed E-state index contributed by atoms with van der Waals surface area (Å²) >= 11 is 0. The zero-order chi connectivity index (χ0) is 18.0. The number of fused-ring (bicyclic) bond motifs is 3. The number of rotatable bonds is 1. The van der Waals surface area contributed by atoms with E-state index in [9.17, 15) is 24.6 Å². The number of carbonyl (C=O) groups is 3. The molecule has 7 heteroatoms. The molecule has 6 atom stereocenters. The lowest BCUT2D eigenvalue weighted by molar-refractivity contribution is -0.188. The van der Waals surface area contributed by atoms with E-state index in [1.54, 1.807) is 6.92 Å². The standard InChI is InChI=1S/C17H20O7/c1-7-5-11(19)13-16(4,21)12(23-9(3)18)6-10-8(2)15(20)24-14(10)17(7,13)22/h5,10,12-14,21-22H,2,6H2,1,3-4H3. The first-order chi connectivity index (χ1) is 11.0. The summed E-state index contributed by atoms with van der Waals surface area (Å²) in [4.78, 5) is 35.9. The molecule has 1 heterocycles. The summed E-state index contributed by atoms with van der Waals surface area (Å²) in [6, 6.07) is 0. The Morgan fingerprint density at radius 1 is 1.42 bits per heavy atom. The van der Waals surface area contributed by atoms with Gasteiger partial charge in [0.25, 0.3) is 0 Å². The number of hydrogen-bond acceptors (Lipinski definition) is 7. The topological polar surface area (TPSA) is 110 Å². The predicted octanol–water partition coefficient (Wildman–Crippen LogP) is 0.0469. The molecule has 0 radical (unpaired) electrons. The molecule has 2 N–H and O–H groups in total. The van der Waals surface area contributed by atoms with Crippen LogP contribution in [0.3, 0.4) is 0 Å². The van der Waals surface area contributed by atoms with Crippen LogP contribution in [0.4, 0.5) is 0 Å². The van der Waals surface area contributed by atoms with E-state index in [0.29, 0.717) is 5.57 Å². The fourth-order valence-corrected chi connectivity index (χ4v) is 4.27. The lowest BCUT2D eigenvalue weighted by atomic mass is 9.71. The van der Waals surface area contributed by atoms with Crippen molar-refractivity contribution in [3.8, 4) is 0 Å². The molecule has 0 amide bonds. The second-order valence-electron chi connectivity index (χ2n) is 7.01. The molecule has 0 aromatic heterocycles. The first kappa shape index (κ1) is 16.9. The average molecular weight is 336 g/mol. The van der Waals surface area contributed by atoms with Crippen LogP contribution in [-0.4, -0.2) is 51.3 Å². The van der Waals surface area contributed by atoms with Gasteiger partial charge in [-0.15, -0.1) is 0 Å². The second-order valence-corrected chi connectivity index (χ2v) is 7.01. The molecule has 1 saturated heterocycles. The molecule has 1 saturated carbocycles. The highest BCUT2D eigenvalue weighted by atomic mass is 16.6. The maximum absolute atomic E-state index is 12.5. The first-order valence-corrected chi connectivity index (χ1v) is 7.75. The van der Waals surface area contributed by atoms with Gasteiger partial charge >= 0.3 is 11.9 Å². The quantitative estimate of drug-likeness (QED) is 0.514. The van der Waals surface area contributed by atoms with Crippen LogP contribution in [0.25, 0.3) is 0 Å². The molecule has 2 fully saturated rings. The van der Waals surface area contributed by atoms with E-state index in [1.165, 1.54) is 19.9 Å². The molecular weight excluding hydrogens is 316 g/mol. The van der Waals surface area contributed by atoms with Crippen molar-refractivity contribution in [2.45, 2.75) is 50.6 Å². The highest BCUT2D eigenvalue weighted by Gasteiger charge is 2.68. The van der Waals surface area contributed by atoms with Crippen LogP contribution in [0.5, 0.6) is 0 Å². The molecule has 2 aliphatic carbocycles. The number of ketones is 1. The zero-order valence-electron chi connectivity index (χ0n) is 13.7. The van der Waals surface area contributed by atoms with Crippen molar-refractivity contribution in [2.75, 3.05) is 0 Å². The van der Waals surface area contributed by atoms with Gasteiger partial charge in [0.15, 0.2) is 5.78 Å². The van der Waals surface area contributed by atoms with E-state index >= 15 is 0 Å². The minimum Gasteiger partial charge on any atom is -0.459 e. The molecule has 7 nitrogen and oxygen atoms in total. The number of hydrogen-bond donors (Lipinski definition) is 2. The van der Waals surface area contributed by atoms with Crippen LogP contribution < -0.4 is 0 Å². The van der Waals surface area contributed by atoms with Gasteiger partial charge in [-0.3, -0.25) is 9.59 Å². The fraction of sp³-hybridized carbons (Fsp3) is 0.588. The third-order valence-electron chi connectivity index (χ3n) is 5.47. The molecular formula is C17H20O7. The number of allylic oxidation sites excluding steroid dienone is 1. The van der Waals surface area contributed by atoms with Crippen LogP contribution in [0.1, 0.15) is 27.2 Å². The van der Waals surface area contributed by atoms with Gasteiger partial charge in [0, 0.05) is 18.4 Å². The Hall–Kier alpha value is -1.99. The summed E-state index contributed by atoms with van der Waals surface area (Å²) in [5.41, 5.74) is -3.26. The van der Waals surface area contributed by atoms with E-state index < -0.39 is 53.0 Å². The third-order valence-corrected chi connectivity index (χ3v) is 5.47. The Bertz CT molecular complexity index is 689. The highest BCUT2D eigenvalue weighted by Crippen LogP contribution is 2.53. The van der Waals surface area contributed by atoms with Crippen LogP contribution in [0.2, 0.25) is 0 Å². The Balaban J connectivity index is 2.18. The molecule has 0 bridgehead atoms. The van der Waals surface area contributed by atoms with E-state index in [2.05, 4.69) is 6.58 Å².